The quantitative estimate of drug-likeness (QED) is 0.654. The average molecular weight is 442 g/mol. The molecule has 0 aliphatic carbocycles. The second-order valence-corrected chi connectivity index (χ2v) is 8.02. The highest BCUT2D eigenvalue weighted by Crippen LogP contribution is 2.21. The minimum Gasteiger partial charge on any atom is -0.298 e. The van der Waals surface area contributed by atoms with Crippen molar-refractivity contribution in [2.24, 2.45) is 10.2 Å². The fourth-order valence-electron chi connectivity index (χ4n) is 2.94. The zero-order valence-corrected chi connectivity index (χ0v) is 17.1. The van der Waals surface area contributed by atoms with Crippen molar-refractivity contribution in [1.82, 2.24) is 14.7 Å². The Kier molecular flexibility index (Phi) is 4.84. The molecule has 0 saturated heterocycles. The van der Waals surface area contributed by atoms with Crippen LogP contribution in [0.2, 0.25) is 0 Å². The van der Waals surface area contributed by atoms with E-state index < -0.39 is 0 Å². The highest BCUT2D eigenvalue weighted by Gasteiger charge is 2.21. The number of hydrogen-bond donors (Lipinski definition) is 1. The first-order valence-corrected chi connectivity index (χ1v) is 10.1. The monoisotopic (exact) mass is 441 g/mol. The van der Waals surface area contributed by atoms with Gasteiger partial charge in [-0.05, 0) is 47.0 Å². The molecule has 0 saturated carbocycles. The molecule has 0 radical (unpaired) electrons. The maximum absolute atomic E-state index is 12.9. The zero-order valence-electron chi connectivity index (χ0n) is 14.7. The fraction of sp³-hybridized carbons (Fsp3) is 0.158. The lowest BCUT2D eigenvalue weighted by molar-refractivity contribution is 0.0971. The molecule has 1 aliphatic rings. The Hall–Kier alpha value is -2.45. The van der Waals surface area contributed by atoms with Crippen LogP contribution in [-0.2, 0) is 0 Å². The number of amidine groups is 1. The number of pyridine rings is 1. The maximum Gasteiger partial charge on any atom is 0.276 e. The van der Waals surface area contributed by atoms with Gasteiger partial charge < -0.3 is 0 Å². The fourth-order valence-corrected chi connectivity index (χ4v) is 4.25. The Morgan fingerprint density at radius 1 is 1.22 bits per heavy atom. The first-order valence-electron chi connectivity index (χ1n) is 8.32. The number of amides is 1. The van der Waals surface area contributed by atoms with E-state index in [4.69, 9.17) is 0 Å². The number of aryl methyl sites for hydroxylation is 2. The number of thioether (sulfide) groups is 1. The Balaban J connectivity index is 1.60. The number of fused-ring (bicyclic) bond motifs is 1. The maximum atomic E-state index is 12.9. The largest absolute Gasteiger partial charge is 0.298 e. The van der Waals surface area contributed by atoms with E-state index in [1.54, 1.807) is 4.40 Å². The summed E-state index contributed by atoms with van der Waals surface area (Å²) in [6.07, 6.45) is 1.85. The van der Waals surface area contributed by atoms with E-state index in [9.17, 15) is 4.79 Å². The summed E-state index contributed by atoms with van der Waals surface area (Å²) >= 11 is 4.93. The normalized spacial score (nSPS) is 14.0. The molecule has 1 amide bonds. The first kappa shape index (κ1) is 17.9. The van der Waals surface area contributed by atoms with Gasteiger partial charge in [-0.15, -0.1) is 5.10 Å². The summed E-state index contributed by atoms with van der Waals surface area (Å²) in [5.41, 5.74) is 4.86. The number of nitrogens with one attached hydrogen (secondary N) is 1. The molecule has 0 spiro atoms. The topological polar surface area (TPSA) is 71.1 Å². The van der Waals surface area contributed by atoms with Crippen molar-refractivity contribution < 1.29 is 4.79 Å². The van der Waals surface area contributed by atoms with Crippen LogP contribution in [0.1, 0.15) is 27.3 Å². The second kappa shape index (κ2) is 7.28. The number of benzene rings is 1. The predicted molar refractivity (Wildman–Crippen MR) is 113 cm³/mol. The lowest BCUT2D eigenvalue weighted by Gasteiger charge is -2.13. The molecule has 1 aromatic carbocycles. The van der Waals surface area contributed by atoms with Gasteiger partial charge in [0.1, 0.15) is 11.3 Å². The number of halogens is 1. The summed E-state index contributed by atoms with van der Waals surface area (Å²) in [7, 11) is 0. The van der Waals surface area contributed by atoms with Crippen molar-refractivity contribution in [1.29, 1.82) is 0 Å². The van der Waals surface area contributed by atoms with Crippen LogP contribution in [-0.4, -0.2) is 31.9 Å². The summed E-state index contributed by atoms with van der Waals surface area (Å²) in [5.74, 6) is 0.405. The molecule has 6 nitrogen and oxygen atoms in total. The van der Waals surface area contributed by atoms with Gasteiger partial charge in [-0.1, -0.05) is 42.1 Å². The Labute approximate surface area is 168 Å². The number of imidazole rings is 1. The van der Waals surface area contributed by atoms with Crippen molar-refractivity contribution in [3.63, 3.8) is 0 Å². The van der Waals surface area contributed by atoms with Gasteiger partial charge in [-0.3, -0.25) is 14.5 Å². The summed E-state index contributed by atoms with van der Waals surface area (Å²) in [6.45, 7) is 3.80. The van der Waals surface area contributed by atoms with Crippen LogP contribution in [0.5, 0.6) is 0 Å². The van der Waals surface area contributed by atoms with Crippen molar-refractivity contribution in [2.45, 2.75) is 13.8 Å². The van der Waals surface area contributed by atoms with Gasteiger partial charge in [0, 0.05) is 16.4 Å². The molecule has 136 valence electrons. The first-order chi connectivity index (χ1) is 13.0. The summed E-state index contributed by atoms with van der Waals surface area (Å²) in [6, 6.07) is 11.9. The molecule has 3 aromatic rings. The van der Waals surface area contributed by atoms with Crippen LogP contribution in [0.25, 0.3) is 5.65 Å². The van der Waals surface area contributed by atoms with Crippen LogP contribution in [0.15, 0.2) is 57.3 Å². The van der Waals surface area contributed by atoms with Crippen LogP contribution >= 0.6 is 27.7 Å². The Bertz CT molecular complexity index is 1100. The number of nitrogens with zero attached hydrogens (tertiary/aromatic N) is 4. The van der Waals surface area contributed by atoms with Gasteiger partial charge in [0.25, 0.3) is 5.91 Å². The SMILES string of the molecule is Cc1nc2c(C)cc(Br)cn2c1C(=O)NC1=NN=C(c2ccccc2)CS1. The van der Waals surface area contributed by atoms with E-state index in [2.05, 4.69) is 36.4 Å². The minimum atomic E-state index is -0.248. The lowest BCUT2D eigenvalue weighted by Crippen LogP contribution is -2.31. The second-order valence-electron chi connectivity index (χ2n) is 6.14. The molecule has 4 rings (SSSR count). The lowest BCUT2D eigenvalue weighted by atomic mass is 10.1. The van der Waals surface area contributed by atoms with E-state index in [0.717, 1.165) is 27.0 Å². The average Bonchev–Trinajstić information content (AvgIpc) is 2.99. The van der Waals surface area contributed by atoms with E-state index >= 15 is 0 Å². The molecule has 0 atom stereocenters. The van der Waals surface area contributed by atoms with E-state index in [-0.39, 0.29) is 5.91 Å². The van der Waals surface area contributed by atoms with Crippen LogP contribution in [0, 0.1) is 13.8 Å². The van der Waals surface area contributed by atoms with E-state index in [1.807, 2.05) is 56.4 Å². The van der Waals surface area contributed by atoms with Crippen LogP contribution in [0.4, 0.5) is 0 Å². The van der Waals surface area contributed by atoms with Gasteiger partial charge in [-0.2, -0.15) is 5.10 Å². The molecule has 2 aromatic heterocycles. The van der Waals surface area contributed by atoms with Gasteiger partial charge in [0.2, 0.25) is 0 Å². The third-order valence-corrected chi connectivity index (χ3v) is 5.50. The van der Waals surface area contributed by atoms with E-state index in [1.165, 1.54) is 11.8 Å². The summed E-state index contributed by atoms with van der Waals surface area (Å²) in [4.78, 5) is 17.4. The highest BCUT2D eigenvalue weighted by molar-refractivity contribution is 9.10. The van der Waals surface area contributed by atoms with Crippen molar-refractivity contribution in [3.8, 4) is 0 Å². The summed E-state index contributed by atoms with van der Waals surface area (Å²) < 4.78 is 2.69. The van der Waals surface area contributed by atoms with E-state index in [0.29, 0.717) is 22.3 Å². The third kappa shape index (κ3) is 3.54. The van der Waals surface area contributed by atoms with Gasteiger partial charge in [-0.25, -0.2) is 4.98 Å². The molecule has 1 aliphatic heterocycles. The molecule has 3 heterocycles. The molecule has 1 N–H and O–H groups in total. The number of aromatic nitrogens is 2. The van der Waals surface area contributed by atoms with Gasteiger partial charge in [0.15, 0.2) is 5.17 Å². The summed E-state index contributed by atoms with van der Waals surface area (Å²) in [5, 5.41) is 11.8. The Morgan fingerprint density at radius 2 is 2.00 bits per heavy atom. The van der Waals surface area contributed by atoms with Crippen LogP contribution < -0.4 is 5.32 Å². The molecule has 8 heteroatoms. The smallest absolute Gasteiger partial charge is 0.276 e. The molecular weight excluding hydrogens is 426 g/mol. The number of carbonyl (C=O) groups excluding carboxylic acids is 1. The van der Waals surface area contributed by atoms with Crippen molar-refractivity contribution in [2.75, 3.05) is 5.75 Å². The van der Waals surface area contributed by atoms with Crippen molar-refractivity contribution >= 4 is 50.1 Å². The number of hydrogen-bond acceptors (Lipinski definition) is 5. The van der Waals surface area contributed by atoms with Gasteiger partial charge >= 0.3 is 0 Å². The van der Waals surface area contributed by atoms with Crippen LogP contribution in [0.3, 0.4) is 0 Å². The molecular formula is C19H16BrN5OS. The molecule has 0 bridgehead atoms. The molecule has 0 unspecified atom stereocenters. The standard InChI is InChI=1S/C19H16BrN5OS/c1-11-8-14(20)9-25-16(12(2)21-17(11)25)18(26)22-19-24-23-15(10-27-19)13-6-4-3-5-7-13/h3-9H,10H2,1-2H3,(H,22,24,26). The number of carbonyl (C=O) groups is 1. The minimum absolute atomic E-state index is 0.248. The van der Waals surface area contributed by atoms with Gasteiger partial charge in [0.05, 0.1) is 11.4 Å². The van der Waals surface area contributed by atoms with Crippen molar-refractivity contribution in [3.05, 3.63) is 69.6 Å². The zero-order chi connectivity index (χ0) is 19.0. The number of rotatable bonds is 2. The molecule has 27 heavy (non-hydrogen) atoms. The highest BCUT2D eigenvalue weighted by atomic mass is 79.9. The Morgan fingerprint density at radius 3 is 2.70 bits per heavy atom. The third-order valence-electron chi connectivity index (χ3n) is 4.19. The molecule has 0 fully saturated rings. The predicted octanol–water partition coefficient (Wildman–Crippen LogP) is 3.95.